The zero-order valence-electron chi connectivity index (χ0n) is 10.8. The second kappa shape index (κ2) is 6.44. The molecule has 0 saturated heterocycles. The van der Waals surface area contributed by atoms with Gasteiger partial charge in [-0.3, -0.25) is 0 Å². The van der Waals surface area contributed by atoms with Gasteiger partial charge in [-0.2, -0.15) is 13.2 Å². The van der Waals surface area contributed by atoms with Gasteiger partial charge in [0.05, 0.1) is 11.3 Å². The van der Waals surface area contributed by atoms with Crippen molar-refractivity contribution in [2.24, 2.45) is 10.9 Å². The average Bonchev–Trinajstić information content (AvgIpc) is 2.35. The molecule has 0 atom stereocenters. The summed E-state index contributed by atoms with van der Waals surface area (Å²) < 4.78 is 51.5. The molecule has 0 fully saturated rings. The molecule has 0 bridgehead atoms. The fourth-order valence-electron chi connectivity index (χ4n) is 1.85. The normalized spacial score (nSPS) is 12.6. The smallest absolute Gasteiger partial charge is 0.405 e. The molecule has 0 aliphatic carbocycles. The van der Waals surface area contributed by atoms with Crippen LogP contribution in [0.4, 0.5) is 23.2 Å². The van der Waals surface area contributed by atoms with Gasteiger partial charge < -0.3 is 15.8 Å². The number of benzene rings is 1. The van der Waals surface area contributed by atoms with E-state index in [1.165, 1.54) is 12.1 Å². The van der Waals surface area contributed by atoms with Crippen LogP contribution in [0.25, 0.3) is 0 Å². The van der Waals surface area contributed by atoms with Gasteiger partial charge in [-0.1, -0.05) is 18.1 Å². The third kappa shape index (κ3) is 4.01. The molecule has 1 rings (SSSR count). The Morgan fingerprint density at radius 2 is 2.05 bits per heavy atom. The monoisotopic (exact) mass is 293 g/mol. The number of halogens is 4. The predicted molar refractivity (Wildman–Crippen MR) is 67.5 cm³/mol. The zero-order chi connectivity index (χ0) is 15.3. The van der Waals surface area contributed by atoms with E-state index in [9.17, 15) is 17.6 Å². The Kier molecular flexibility index (Phi) is 5.18. The van der Waals surface area contributed by atoms with Crippen molar-refractivity contribution in [1.29, 1.82) is 0 Å². The van der Waals surface area contributed by atoms with Crippen LogP contribution in [0.2, 0.25) is 0 Å². The van der Waals surface area contributed by atoms with Gasteiger partial charge >= 0.3 is 6.18 Å². The number of amidine groups is 1. The SMILES string of the molecule is CCCN(CC(F)(F)F)c1cccc(F)c1C(N)=NO. The number of alkyl halides is 3. The van der Waals surface area contributed by atoms with Gasteiger partial charge in [-0.05, 0) is 18.6 Å². The lowest BCUT2D eigenvalue weighted by Crippen LogP contribution is -2.36. The summed E-state index contributed by atoms with van der Waals surface area (Å²) in [6.07, 6.45) is -4.01. The second-order valence-electron chi connectivity index (χ2n) is 4.16. The topological polar surface area (TPSA) is 61.8 Å². The van der Waals surface area contributed by atoms with Gasteiger partial charge in [-0.15, -0.1) is 0 Å². The molecule has 3 N–H and O–H groups in total. The molecule has 20 heavy (non-hydrogen) atoms. The van der Waals surface area contributed by atoms with E-state index in [1.54, 1.807) is 6.92 Å². The number of hydrogen-bond acceptors (Lipinski definition) is 3. The largest absolute Gasteiger partial charge is 0.409 e. The Balaban J connectivity index is 3.29. The fraction of sp³-hybridized carbons (Fsp3) is 0.417. The summed E-state index contributed by atoms with van der Waals surface area (Å²) in [4.78, 5) is 0.955. The van der Waals surface area contributed by atoms with Crippen molar-refractivity contribution in [3.05, 3.63) is 29.6 Å². The van der Waals surface area contributed by atoms with E-state index in [0.29, 0.717) is 6.42 Å². The first-order chi connectivity index (χ1) is 9.30. The molecule has 0 spiro atoms. The van der Waals surface area contributed by atoms with E-state index < -0.39 is 24.4 Å². The highest BCUT2D eigenvalue weighted by Crippen LogP contribution is 2.27. The van der Waals surface area contributed by atoms with E-state index in [-0.39, 0.29) is 17.8 Å². The van der Waals surface area contributed by atoms with Crippen LogP contribution < -0.4 is 10.6 Å². The summed E-state index contributed by atoms with van der Waals surface area (Å²) in [5.74, 6) is -1.41. The lowest BCUT2D eigenvalue weighted by atomic mass is 10.1. The lowest BCUT2D eigenvalue weighted by Gasteiger charge is -2.27. The third-order valence-corrected chi connectivity index (χ3v) is 2.56. The maximum absolute atomic E-state index is 13.7. The molecule has 0 heterocycles. The van der Waals surface area contributed by atoms with E-state index in [4.69, 9.17) is 10.9 Å². The van der Waals surface area contributed by atoms with E-state index >= 15 is 0 Å². The fourth-order valence-corrected chi connectivity index (χ4v) is 1.85. The number of nitrogens with zero attached hydrogens (tertiary/aromatic N) is 2. The van der Waals surface area contributed by atoms with Crippen LogP contribution in [-0.4, -0.2) is 30.3 Å². The zero-order valence-corrected chi connectivity index (χ0v) is 10.8. The van der Waals surface area contributed by atoms with Gasteiger partial charge in [-0.25, -0.2) is 4.39 Å². The van der Waals surface area contributed by atoms with Crippen LogP contribution in [-0.2, 0) is 0 Å². The van der Waals surface area contributed by atoms with Crippen LogP contribution in [0, 0.1) is 5.82 Å². The summed E-state index contributed by atoms with van der Waals surface area (Å²) in [5, 5.41) is 11.3. The minimum Gasteiger partial charge on any atom is -0.409 e. The van der Waals surface area contributed by atoms with Crippen LogP contribution in [0.3, 0.4) is 0 Å². The Hall–Kier alpha value is -1.99. The minimum atomic E-state index is -4.44. The van der Waals surface area contributed by atoms with Gasteiger partial charge in [0.25, 0.3) is 0 Å². The first-order valence-electron chi connectivity index (χ1n) is 5.88. The van der Waals surface area contributed by atoms with Crippen molar-refractivity contribution in [2.75, 3.05) is 18.0 Å². The van der Waals surface area contributed by atoms with Crippen molar-refractivity contribution >= 4 is 11.5 Å². The summed E-state index contributed by atoms with van der Waals surface area (Å²) in [6, 6.07) is 3.62. The second-order valence-corrected chi connectivity index (χ2v) is 4.16. The lowest BCUT2D eigenvalue weighted by molar-refractivity contribution is -0.119. The number of rotatable bonds is 5. The maximum atomic E-state index is 13.7. The molecule has 112 valence electrons. The van der Waals surface area contributed by atoms with Gasteiger partial charge in [0.1, 0.15) is 12.4 Å². The quantitative estimate of drug-likeness (QED) is 0.288. The highest BCUT2D eigenvalue weighted by molar-refractivity contribution is 6.02. The first-order valence-corrected chi connectivity index (χ1v) is 5.88. The average molecular weight is 293 g/mol. The van der Waals surface area contributed by atoms with Crippen LogP contribution in [0.5, 0.6) is 0 Å². The van der Waals surface area contributed by atoms with E-state index in [0.717, 1.165) is 11.0 Å². The Bertz CT molecular complexity index is 488. The van der Waals surface area contributed by atoms with Crippen LogP contribution in [0.1, 0.15) is 18.9 Å². The van der Waals surface area contributed by atoms with Gasteiger partial charge in [0.15, 0.2) is 5.84 Å². The molecule has 1 aromatic carbocycles. The molecule has 8 heteroatoms. The number of oxime groups is 1. The molecule has 0 unspecified atom stereocenters. The third-order valence-electron chi connectivity index (χ3n) is 2.56. The van der Waals surface area contributed by atoms with Gasteiger partial charge in [0.2, 0.25) is 0 Å². The summed E-state index contributed by atoms with van der Waals surface area (Å²) in [5.41, 5.74) is 4.95. The molecule has 0 aliphatic heterocycles. The summed E-state index contributed by atoms with van der Waals surface area (Å²) in [6.45, 7) is 0.524. The molecular formula is C12H15F4N3O. The Morgan fingerprint density at radius 1 is 1.40 bits per heavy atom. The predicted octanol–water partition coefficient (Wildman–Crippen LogP) is 2.70. The molecule has 0 saturated carbocycles. The summed E-state index contributed by atoms with van der Waals surface area (Å²) in [7, 11) is 0. The molecule has 0 radical (unpaired) electrons. The molecule has 0 amide bonds. The molecule has 1 aromatic rings. The van der Waals surface area contributed by atoms with Crippen molar-refractivity contribution in [3.63, 3.8) is 0 Å². The summed E-state index contributed by atoms with van der Waals surface area (Å²) >= 11 is 0. The van der Waals surface area contributed by atoms with Crippen molar-refractivity contribution < 1.29 is 22.8 Å². The van der Waals surface area contributed by atoms with E-state index in [1.807, 2.05) is 0 Å². The van der Waals surface area contributed by atoms with Crippen molar-refractivity contribution in [3.8, 4) is 0 Å². The first kappa shape index (κ1) is 16.1. The maximum Gasteiger partial charge on any atom is 0.405 e. The van der Waals surface area contributed by atoms with E-state index in [2.05, 4.69) is 5.16 Å². The van der Waals surface area contributed by atoms with Gasteiger partial charge in [0, 0.05) is 6.54 Å². The standard InChI is InChI=1S/C12H15F4N3O/c1-2-6-19(7-12(14,15)16)9-5-3-4-8(13)10(9)11(17)18-20/h3-5,20H,2,6-7H2,1H3,(H2,17,18). The van der Waals surface area contributed by atoms with Crippen molar-refractivity contribution in [1.82, 2.24) is 0 Å². The highest BCUT2D eigenvalue weighted by Gasteiger charge is 2.32. The number of hydrogen-bond donors (Lipinski definition) is 2. The molecule has 0 aliphatic rings. The Labute approximate surface area is 113 Å². The number of nitrogens with two attached hydrogens (primary N) is 1. The molecule has 0 aromatic heterocycles. The van der Waals surface area contributed by atoms with Crippen LogP contribution >= 0.6 is 0 Å². The molecular weight excluding hydrogens is 278 g/mol. The number of anilines is 1. The van der Waals surface area contributed by atoms with Crippen molar-refractivity contribution in [2.45, 2.75) is 19.5 Å². The van der Waals surface area contributed by atoms with Crippen LogP contribution in [0.15, 0.2) is 23.4 Å². The highest BCUT2D eigenvalue weighted by atomic mass is 19.4. The Morgan fingerprint density at radius 3 is 2.55 bits per heavy atom. The minimum absolute atomic E-state index is 0.0560. The molecule has 4 nitrogen and oxygen atoms in total.